The third-order valence-corrected chi connectivity index (χ3v) is 2.83. The zero-order chi connectivity index (χ0) is 11.8. The van der Waals surface area contributed by atoms with Gasteiger partial charge in [-0.2, -0.15) is 0 Å². The minimum absolute atomic E-state index is 0.214. The molecule has 16 heavy (non-hydrogen) atoms. The topological polar surface area (TPSA) is 58.9 Å². The molecule has 0 spiro atoms. The zero-order valence-corrected chi connectivity index (χ0v) is 9.36. The molecule has 5 heteroatoms. The van der Waals surface area contributed by atoms with E-state index in [9.17, 15) is 4.79 Å². The fraction of sp³-hybridized carbons (Fsp3) is 0.273. The van der Waals surface area contributed by atoms with Gasteiger partial charge in [-0.15, -0.1) is 0 Å². The number of aliphatic carboxylic acids is 1. The van der Waals surface area contributed by atoms with Gasteiger partial charge >= 0.3 is 5.97 Å². The second-order valence-electron chi connectivity index (χ2n) is 3.82. The molecular weight excluding hydrogens is 230 g/mol. The maximum Gasteiger partial charge on any atom is 0.351 e. The number of hydrogen-bond acceptors (Lipinski definition) is 3. The van der Waals surface area contributed by atoms with Crippen LogP contribution in [-0.4, -0.2) is 22.4 Å². The number of halogens is 1. The molecule has 0 fully saturated rings. The van der Waals surface area contributed by atoms with Crippen molar-refractivity contribution in [1.82, 2.24) is 0 Å². The standard InChI is InChI=1S/C11H10ClNO3/c1-11(10(14)15)6-9(13-16-11)7-4-2-3-5-8(7)12/h2-5H,6H2,1H3,(H,14,15)/t11-/m1/s1. The lowest BCUT2D eigenvalue weighted by Gasteiger charge is -2.14. The van der Waals surface area contributed by atoms with Crippen molar-refractivity contribution in [2.45, 2.75) is 18.9 Å². The Morgan fingerprint density at radius 3 is 2.81 bits per heavy atom. The van der Waals surface area contributed by atoms with Gasteiger partial charge in [0.25, 0.3) is 0 Å². The summed E-state index contributed by atoms with van der Waals surface area (Å²) in [6.45, 7) is 1.49. The second kappa shape index (κ2) is 3.79. The molecule has 1 N–H and O–H groups in total. The molecule has 1 aliphatic rings. The summed E-state index contributed by atoms with van der Waals surface area (Å²) >= 11 is 5.99. The van der Waals surface area contributed by atoms with Crippen molar-refractivity contribution in [2.75, 3.05) is 0 Å². The summed E-state index contributed by atoms with van der Waals surface area (Å²) in [5.41, 5.74) is -0.00115. The molecule has 2 rings (SSSR count). The maximum absolute atomic E-state index is 11.0. The van der Waals surface area contributed by atoms with Crippen LogP contribution in [-0.2, 0) is 9.63 Å². The van der Waals surface area contributed by atoms with Crippen molar-refractivity contribution >= 4 is 23.3 Å². The van der Waals surface area contributed by atoms with Crippen LogP contribution >= 0.6 is 11.6 Å². The van der Waals surface area contributed by atoms with Crippen molar-refractivity contribution in [2.24, 2.45) is 5.16 Å². The third-order valence-electron chi connectivity index (χ3n) is 2.50. The number of benzene rings is 1. The van der Waals surface area contributed by atoms with Crippen molar-refractivity contribution < 1.29 is 14.7 Å². The molecule has 84 valence electrons. The molecule has 1 aliphatic heterocycles. The number of rotatable bonds is 2. The smallest absolute Gasteiger partial charge is 0.351 e. The van der Waals surface area contributed by atoms with Gasteiger partial charge in [0.05, 0.1) is 5.71 Å². The van der Waals surface area contributed by atoms with Crippen LogP contribution in [0.5, 0.6) is 0 Å². The van der Waals surface area contributed by atoms with E-state index < -0.39 is 11.6 Å². The summed E-state index contributed by atoms with van der Waals surface area (Å²) < 4.78 is 0. The molecule has 1 aromatic carbocycles. The molecule has 4 nitrogen and oxygen atoms in total. The van der Waals surface area contributed by atoms with E-state index >= 15 is 0 Å². The highest BCUT2D eigenvalue weighted by Crippen LogP contribution is 2.29. The normalized spacial score (nSPS) is 23.8. The molecule has 0 amide bonds. The van der Waals surface area contributed by atoms with Crippen molar-refractivity contribution in [3.8, 4) is 0 Å². The Morgan fingerprint density at radius 1 is 1.56 bits per heavy atom. The highest BCUT2D eigenvalue weighted by Gasteiger charge is 2.42. The first-order chi connectivity index (χ1) is 7.53. The van der Waals surface area contributed by atoms with Gasteiger partial charge in [0.2, 0.25) is 5.60 Å². The lowest BCUT2D eigenvalue weighted by molar-refractivity contribution is -0.160. The molecule has 0 unspecified atom stereocenters. The van der Waals surface area contributed by atoms with Crippen molar-refractivity contribution in [1.29, 1.82) is 0 Å². The van der Waals surface area contributed by atoms with Gasteiger partial charge in [0.15, 0.2) is 0 Å². The summed E-state index contributed by atoms with van der Waals surface area (Å²) in [6.07, 6.45) is 0.214. The number of carboxylic acids is 1. The van der Waals surface area contributed by atoms with Gasteiger partial charge in [-0.3, -0.25) is 0 Å². The van der Waals surface area contributed by atoms with Gasteiger partial charge in [0, 0.05) is 17.0 Å². The SMILES string of the molecule is C[C@]1(C(=O)O)CC(c2ccccc2Cl)=NO1. The predicted octanol–water partition coefficient (Wildman–Crippen LogP) is 2.31. The van der Waals surface area contributed by atoms with E-state index in [1.807, 2.05) is 6.07 Å². The molecule has 0 bridgehead atoms. The van der Waals surface area contributed by atoms with E-state index in [0.717, 1.165) is 0 Å². The lowest BCUT2D eigenvalue weighted by atomic mass is 9.96. The van der Waals surface area contributed by atoms with Gasteiger partial charge in [0.1, 0.15) is 0 Å². The highest BCUT2D eigenvalue weighted by molar-refractivity contribution is 6.34. The molecular formula is C11H10ClNO3. The van der Waals surface area contributed by atoms with Crippen LogP contribution in [0.3, 0.4) is 0 Å². The number of nitrogens with zero attached hydrogens (tertiary/aromatic N) is 1. The van der Waals surface area contributed by atoms with Crippen molar-refractivity contribution in [3.05, 3.63) is 34.9 Å². The molecule has 0 radical (unpaired) electrons. The van der Waals surface area contributed by atoms with Gasteiger partial charge < -0.3 is 9.94 Å². The Kier molecular flexibility index (Phi) is 2.59. The van der Waals surface area contributed by atoms with E-state index in [0.29, 0.717) is 16.3 Å². The number of oxime groups is 1. The van der Waals surface area contributed by atoms with E-state index in [-0.39, 0.29) is 6.42 Å². The largest absolute Gasteiger partial charge is 0.478 e. The van der Waals surface area contributed by atoms with Crippen molar-refractivity contribution in [3.63, 3.8) is 0 Å². The van der Waals surface area contributed by atoms with Crippen LogP contribution < -0.4 is 0 Å². The Bertz CT molecular complexity index is 472. The highest BCUT2D eigenvalue weighted by atomic mass is 35.5. The van der Waals surface area contributed by atoms with Gasteiger partial charge in [-0.1, -0.05) is 35.0 Å². The Morgan fingerprint density at radius 2 is 2.25 bits per heavy atom. The van der Waals surface area contributed by atoms with E-state index in [4.69, 9.17) is 21.5 Å². The quantitative estimate of drug-likeness (QED) is 0.862. The second-order valence-corrected chi connectivity index (χ2v) is 4.23. The summed E-state index contributed by atoms with van der Waals surface area (Å²) in [5.74, 6) is -1.03. The number of carbonyl (C=O) groups is 1. The zero-order valence-electron chi connectivity index (χ0n) is 8.61. The maximum atomic E-state index is 11.0. The predicted molar refractivity (Wildman–Crippen MR) is 59.7 cm³/mol. The summed E-state index contributed by atoms with van der Waals surface area (Å²) in [5, 5.41) is 13.3. The molecule has 1 atom stereocenters. The minimum atomic E-state index is -1.28. The monoisotopic (exact) mass is 239 g/mol. The fourth-order valence-corrected chi connectivity index (χ4v) is 1.74. The first-order valence-corrected chi connectivity index (χ1v) is 5.14. The first-order valence-electron chi connectivity index (χ1n) is 4.76. The van der Waals surface area contributed by atoms with Crippen LogP contribution in [0.4, 0.5) is 0 Å². The van der Waals surface area contributed by atoms with Crippen LogP contribution in [0.1, 0.15) is 18.9 Å². The fourth-order valence-electron chi connectivity index (χ4n) is 1.49. The Hall–Kier alpha value is -1.55. The summed E-state index contributed by atoms with van der Waals surface area (Å²) in [7, 11) is 0. The van der Waals surface area contributed by atoms with E-state index in [1.54, 1.807) is 18.2 Å². The molecule has 1 heterocycles. The van der Waals surface area contributed by atoms with Crippen LogP contribution in [0.2, 0.25) is 5.02 Å². The molecule has 0 aliphatic carbocycles. The minimum Gasteiger partial charge on any atom is -0.478 e. The number of hydrogen-bond donors (Lipinski definition) is 1. The molecule has 0 saturated carbocycles. The summed E-state index contributed by atoms with van der Waals surface area (Å²) in [4.78, 5) is 15.9. The van der Waals surface area contributed by atoms with Crippen LogP contribution in [0, 0.1) is 0 Å². The number of carboxylic acid groups (broad SMARTS) is 1. The average molecular weight is 240 g/mol. The summed E-state index contributed by atoms with van der Waals surface area (Å²) in [6, 6.07) is 7.15. The van der Waals surface area contributed by atoms with Crippen LogP contribution in [0.25, 0.3) is 0 Å². The lowest BCUT2D eigenvalue weighted by Crippen LogP contribution is -2.35. The first kappa shape index (κ1) is 11.0. The van der Waals surface area contributed by atoms with E-state index in [2.05, 4.69) is 5.16 Å². The third kappa shape index (κ3) is 1.76. The molecule has 1 aromatic rings. The average Bonchev–Trinajstić information content (AvgIpc) is 2.63. The van der Waals surface area contributed by atoms with Gasteiger partial charge in [-0.05, 0) is 13.0 Å². The van der Waals surface area contributed by atoms with Gasteiger partial charge in [-0.25, -0.2) is 4.79 Å². The van der Waals surface area contributed by atoms with Crippen LogP contribution in [0.15, 0.2) is 29.4 Å². The Balaban J connectivity index is 2.28. The molecule has 0 aromatic heterocycles. The van der Waals surface area contributed by atoms with E-state index in [1.165, 1.54) is 6.92 Å². The Labute approximate surface area is 97.5 Å². The molecule has 0 saturated heterocycles.